The maximum atomic E-state index is 13.8. The van der Waals surface area contributed by atoms with Crippen LogP contribution in [0.1, 0.15) is 5.56 Å². The van der Waals surface area contributed by atoms with Gasteiger partial charge in [0.05, 0.1) is 54.5 Å². The summed E-state index contributed by atoms with van der Waals surface area (Å²) < 4.78 is 34.7. The van der Waals surface area contributed by atoms with Crippen LogP contribution < -0.4 is 0 Å². The second-order valence-electron chi connectivity index (χ2n) is 14.1. The fourth-order valence-corrected chi connectivity index (χ4v) is 9.95. The maximum absolute atomic E-state index is 13.8. The number of nitrogens with zero attached hydrogens (tertiary/aromatic N) is 4. The summed E-state index contributed by atoms with van der Waals surface area (Å²) in [5, 5.41) is 16.1. The summed E-state index contributed by atoms with van der Waals surface area (Å²) in [6.07, 6.45) is 0. The van der Waals surface area contributed by atoms with Gasteiger partial charge in [0.15, 0.2) is 0 Å². The van der Waals surface area contributed by atoms with Gasteiger partial charge in [-0.15, -0.1) is 0 Å². The smallest absolute Gasteiger partial charge is 0.206 e. The average molecular weight is 739 g/mol. The molecule has 3 aromatic heterocycles. The third-order valence-corrected chi connectivity index (χ3v) is 12.9. The van der Waals surface area contributed by atoms with Crippen molar-refractivity contribution in [3.8, 4) is 23.1 Å². The highest BCUT2D eigenvalue weighted by molar-refractivity contribution is 7.91. The van der Waals surface area contributed by atoms with Gasteiger partial charge in [-0.25, -0.2) is 8.42 Å². The van der Waals surface area contributed by atoms with E-state index in [1.807, 2.05) is 24.3 Å². The second-order valence-corrected chi connectivity index (χ2v) is 16.0. The standard InChI is InChI=1S/C49H30N4O2S/c50-31-32-19-23-36(24-20-32)56(54,55)37-25-21-35(22-26-37)53-45-30-29-44-46(40-16-8-10-18-43(40)51(44)33-11-3-1-4-12-33)47(45)41-28-27-39-38-15-7-9-17-42(38)52(48(39)49(41)53)34-13-5-2-6-14-34/h1-30H. The Balaban J connectivity index is 1.29. The normalized spacial score (nSPS) is 12.1. The zero-order chi connectivity index (χ0) is 37.5. The van der Waals surface area contributed by atoms with Crippen LogP contribution in [0.3, 0.4) is 0 Å². The van der Waals surface area contributed by atoms with Crippen molar-refractivity contribution in [1.29, 1.82) is 5.26 Å². The Kier molecular flexibility index (Phi) is 6.90. The largest absolute Gasteiger partial charge is 0.309 e. The molecule has 0 spiro atoms. The molecule has 6 nitrogen and oxygen atoms in total. The molecule has 8 aromatic carbocycles. The third-order valence-electron chi connectivity index (χ3n) is 11.1. The molecule has 0 atom stereocenters. The van der Waals surface area contributed by atoms with E-state index in [4.69, 9.17) is 0 Å². The summed E-state index contributed by atoms with van der Waals surface area (Å²) in [6.45, 7) is 0. The zero-order valence-corrected chi connectivity index (χ0v) is 30.7. The lowest BCUT2D eigenvalue weighted by Gasteiger charge is -2.13. The molecular weight excluding hydrogens is 709 g/mol. The first-order chi connectivity index (χ1) is 27.5. The molecule has 0 aliphatic heterocycles. The van der Waals surface area contributed by atoms with E-state index in [0.29, 0.717) is 5.56 Å². The summed E-state index contributed by atoms with van der Waals surface area (Å²) in [5.41, 5.74) is 9.85. The van der Waals surface area contributed by atoms with E-state index in [9.17, 15) is 13.7 Å². The number of fused-ring (bicyclic) bond motifs is 11. The number of aromatic nitrogens is 3. The van der Waals surface area contributed by atoms with Gasteiger partial charge in [-0.3, -0.25) is 0 Å². The first-order valence-corrected chi connectivity index (χ1v) is 19.9. The van der Waals surface area contributed by atoms with Gasteiger partial charge in [0.2, 0.25) is 9.84 Å². The maximum Gasteiger partial charge on any atom is 0.206 e. The van der Waals surface area contributed by atoms with Gasteiger partial charge in [0.25, 0.3) is 0 Å². The SMILES string of the molecule is N#Cc1ccc(S(=O)(=O)c2ccc(-n3c4ccc5c(c6ccccc6n5-c5ccccc5)c4c4ccc5c6ccccc6n(-c6ccccc6)c5c43)cc2)cc1. The number of para-hydroxylation sites is 4. The fourth-order valence-electron chi connectivity index (χ4n) is 8.68. The van der Waals surface area contributed by atoms with Crippen LogP contribution in [0.25, 0.3) is 82.5 Å². The first-order valence-electron chi connectivity index (χ1n) is 18.4. The fraction of sp³-hybridized carbons (Fsp3) is 0. The van der Waals surface area contributed by atoms with Crippen LogP contribution >= 0.6 is 0 Å². The molecule has 56 heavy (non-hydrogen) atoms. The van der Waals surface area contributed by atoms with E-state index < -0.39 is 9.84 Å². The van der Waals surface area contributed by atoms with E-state index >= 15 is 0 Å². The van der Waals surface area contributed by atoms with Crippen LogP contribution in [0.15, 0.2) is 192 Å². The van der Waals surface area contributed by atoms with Crippen molar-refractivity contribution < 1.29 is 8.42 Å². The lowest BCUT2D eigenvalue weighted by atomic mass is 10.0. The van der Waals surface area contributed by atoms with Gasteiger partial charge in [0, 0.05) is 49.4 Å². The Morgan fingerprint density at radius 1 is 0.375 bits per heavy atom. The van der Waals surface area contributed by atoms with Gasteiger partial charge < -0.3 is 13.7 Å². The van der Waals surface area contributed by atoms with Crippen LogP contribution in [0.5, 0.6) is 0 Å². The highest BCUT2D eigenvalue weighted by Gasteiger charge is 2.25. The molecule has 0 aliphatic rings. The monoisotopic (exact) mass is 738 g/mol. The molecule has 0 unspecified atom stereocenters. The molecule has 0 radical (unpaired) electrons. The van der Waals surface area contributed by atoms with Gasteiger partial charge in [-0.05, 0) is 97.1 Å². The Hall–Kier alpha value is -7.40. The molecular formula is C49H30N4O2S. The van der Waals surface area contributed by atoms with Crippen LogP contribution in [-0.2, 0) is 9.84 Å². The van der Waals surface area contributed by atoms with Crippen molar-refractivity contribution in [3.63, 3.8) is 0 Å². The number of hydrogen-bond acceptors (Lipinski definition) is 3. The van der Waals surface area contributed by atoms with Crippen LogP contribution in [0.4, 0.5) is 0 Å². The molecule has 0 N–H and O–H groups in total. The van der Waals surface area contributed by atoms with Gasteiger partial charge in [-0.2, -0.15) is 5.26 Å². The Bertz CT molecular complexity index is 3520. The molecule has 0 saturated carbocycles. The molecule has 0 bridgehead atoms. The van der Waals surface area contributed by atoms with Crippen molar-refractivity contribution in [2.45, 2.75) is 9.79 Å². The van der Waals surface area contributed by atoms with Crippen LogP contribution in [-0.4, -0.2) is 22.1 Å². The van der Waals surface area contributed by atoms with Crippen LogP contribution in [0, 0.1) is 11.3 Å². The molecule has 0 amide bonds. The molecule has 0 saturated heterocycles. The Labute approximate surface area is 321 Å². The lowest BCUT2D eigenvalue weighted by Crippen LogP contribution is -2.03. The Morgan fingerprint density at radius 3 is 1.46 bits per heavy atom. The minimum atomic E-state index is -3.83. The molecule has 0 fully saturated rings. The molecule has 3 heterocycles. The highest BCUT2D eigenvalue weighted by Crippen LogP contribution is 2.46. The molecule has 11 rings (SSSR count). The van der Waals surface area contributed by atoms with Crippen LogP contribution in [0.2, 0.25) is 0 Å². The summed E-state index contributed by atoms with van der Waals surface area (Å²) in [4.78, 5) is 0.330. The quantitative estimate of drug-likeness (QED) is 0.176. The summed E-state index contributed by atoms with van der Waals surface area (Å²) in [5.74, 6) is 0. The minimum Gasteiger partial charge on any atom is -0.309 e. The highest BCUT2D eigenvalue weighted by atomic mass is 32.2. The van der Waals surface area contributed by atoms with E-state index in [1.54, 1.807) is 12.1 Å². The van der Waals surface area contributed by atoms with Gasteiger partial charge >= 0.3 is 0 Å². The average Bonchev–Trinajstić information content (AvgIpc) is 3.90. The van der Waals surface area contributed by atoms with Gasteiger partial charge in [0.1, 0.15) is 0 Å². The van der Waals surface area contributed by atoms with Crippen molar-refractivity contribution >= 4 is 75.3 Å². The van der Waals surface area contributed by atoms with E-state index in [-0.39, 0.29) is 9.79 Å². The summed E-state index contributed by atoms with van der Waals surface area (Å²) in [7, 11) is -3.83. The molecule has 7 heteroatoms. The molecule has 11 aromatic rings. The minimum absolute atomic E-state index is 0.146. The Morgan fingerprint density at radius 2 is 0.821 bits per heavy atom. The summed E-state index contributed by atoms with van der Waals surface area (Å²) >= 11 is 0. The van der Waals surface area contributed by atoms with Crippen molar-refractivity contribution in [1.82, 2.24) is 13.7 Å². The number of benzene rings is 8. The molecule has 264 valence electrons. The predicted molar refractivity (Wildman–Crippen MR) is 226 cm³/mol. The van der Waals surface area contributed by atoms with Crippen molar-refractivity contribution in [2.75, 3.05) is 0 Å². The van der Waals surface area contributed by atoms with Gasteiger partial charge in [-0.1, -0.05) is 84.9 Å². The van der Waals surface area contributed by atoms with E-state index in [2.05, 4.69) is 141 Å². The van der Waals surface area contributed by atoms with E-state index in [0.717, 1.165) is 82.5 Å². The number of hydrogen-bond donors (Lipinski definition) is 0. The molecule has 0 aliphatic carbocycles. The zero-order valence-electron chi connectivity index (χ0n) is 29.8. The van der Waals surface area contributed by atoms with Crippen molar-refractivity contribution in [2.24, 2.45) is 0 Å². The lowest BCUT2D eigenvalue weighted by molar-refractivity contribution is 0.596. The number of rotatable bonds is 5. The summed E-state index contributed by atoms with van der Waals surface area (Å²) in [6, 6.07) is 62.3. The number of nitriles is 1. The predicted octanol–water partition coefficient (Wildman–Crippen LogP) is 11.7. The van der Waals surface area contributed by atoms with E-state index in [1.165, 1.54) is 24.3 Å². The number of sulfone groups is 1. The second kappa shape index (κ2) is 12.1. The topological polar surface area (TPSA) is 72.7 Å². The third kappa shape index (κ3) is 4.51. The first kappa shape index (κ1) is 32.1. The van der Waals surface area contributed by atoms with Crippen molar-refractivity contribution in [3.05, 3.63) is 188 Å².